The molecule has 3 nitrogen and oxygen atoms in total. The molecule has 2 aromatic rings. The number of halogens is 1. The summed E-state index contributed by atoms with van der Waals surface area (Å²) in [5.41, 5.74) is 2.22. The van der Waals surface area contributed by atoms with Crippen molar-refractivity contribution < 1.29 is 9.53 Å². The van der Waals surface area contributed by atoms with E-state index in [0.29, 0.717) is 18.0 Å². The Labute approximate surface area is 131 Å². The number of para-hydroxylation sites is 1. The Hall–Kier alpha value is -1.33. The quantitative estimate of drug-likeness (QED) is 0.826. The second-order valence-electron chi connectivity index (χ2n) is 4.43. The van der Waals surface area contributed by atoms with Gasteiger partial charge in [0.05, 0.1) is 15.2 Å². The van der Waals surface area contributed by atoms with E-state index in [1.807, 2.05) is 38.1 Å². The molecule has 1 aromatic carbocycles. The van der Waals surface area contributed by atoms with Gasteiger partial charge in [0.25, 0.3) is 5.91 Å². The van der Waals surface area contributed by atoms with Crippen LogP contribution in [0.1, 0.15) is 20.8 Å². The minimum Gasteiger partial charge on any atom is -0.491 e. The summed E-state index contributed by atoms with van der Waals surface area (Å²) in [6, 6.07) is 9.71. The minimum atomic E-state index is -0.0641. The molecule has 0 aliphatic rings. The Morgan fingerprint density at radius 2 is 1.95 bits per heavy atom. The van der Waals surface area contributed by atoms with Gasteiger partial charge in [-0.1, -0.05) is 18.2 Å². The third-order valence-electron chi connectivity index (χ3n) is 2.84. The zero-order valence-corrected chi connectivity index (χ0v) is 13.8. The molecule has 0 fully saturated rings. The summed E-state index contributed by atoms with van der Waals surface area (Å²) in [5.74, 6) is 0.839. The Bertz CT molecular complexity index is 589. The van der Waals surface area contributed by atoms with Crippen molar-refractivity contribution in [2.45, 2.75) is 13.8 Å². The number of thiophene rings is 1. The van der Waals surface area contributed by atoms with Crippen molar-refractivity contribution in [1.82, 2.24) is 5.32 Å². The first-order valence-corrected chi connectivity index (χ1v) is 7.91. The molecule has 1 amide bonds. The fourth-order valence-electron chi connectivity index (χ4n) is 1.87. The van der Waals surface area contributed by atoms with Crippen molar-refractivity contribution in [2.75, 3.05) is 13.2 Å². The molecule has 2 rings (SSSR count). The fourth-order valence-corrected chi connectivity index (χ4v) is 3.17. The van der Waals surface area contributed by atoms with Crippen LogP contribution in [-0.2, 0) is 0 Å². The Morgan fingerprint density at radius 3 is 2.55 bits per heavy atom. The summed E-state index contributed by atoms with van der Waals surface area (Å²) < 4.78 is 6.69. The average molecular weight is 354 g/mol. The fraction of sp³-hybridized carbons (Fsp3) is 0.267. The third kappa shape index (κ3) is 3.84. The smallest absolute Gasteiger partial charge is 0.261 e. The number of rotatable bonds is 5. The summed E-state index contributed by atoms with van der Waals surface area (Å²) in [7, 11) is 0. The lowest BCUT2D eigenvalue weighted by atomic mass is 10.1. The number of carbonyl (C=O) groups excluding carboxylic acids is 1. The lowest BCUT2D eigenvalue weighted by Gasteiger charge is -2.12. The third-order valence-corrected chi connectivity index (χ3v) is 4.46. The first-order chi connectivity index (χ1) is 9.58. The van der Waals surface area contributed by atoms with Gasteiger partial charge in [-0.3, -0.25) is 4.79 Å². The zero-order chi connectivity index (χ0) is 14.5. The molecule has 0 saturated heterocycles. The molecule has 20 heavy (non-hydrogen) atoms. The van der Waals surface area contributed by atoms with Gasteiger partial charge < -0.3 is 10.1 Å². The maximum absolute atomic E-state index is 11.8. The van der Waals surface area contributed by atoms with E-state index in [2.05, 4.69) is 21.2 Å². The average Bonchev–Trinajstić information content (AvgIpc) is 2.84. The predicted molar refractivity (Wildman–Crippen MR) is 85.8 cm³/mol. The van der Waals surface area contributed by atoms with Crippen molar-refractivity contribution in [2.24, 2.45) is 0 Å². The highest BCUT2D eigenvalue weighted by Crippen LogP contribution is 2.22. The van der Waals surface area contributed by atoms with E-state index in [1.165, 1.54) is 11.3 Å². The molecule has 0 unspecified atom stereocenters. The van der Waals surface area contributed by atoms with Crippen molar-refractivity contribution in [3.63, 3.8) is 0 Å². The van der Waals surface area contributed by atoms with E-state index < -0.39 is 0 Å². The van der Waals surface area contributed by atoms with Crippen LogP contribution in [0.15, 0.2) is 34.1 Å². The number of carbonyl (C=O) groups is 1. The molecule has 1 aromatic heterocycles. The van der Waals surface area contributed by atoms with E-state index in [-0.39, 0.29) is 5.91 Å². The summed E-state index contributed by atoms with van der Waals surface area (Å²) in [6.45, 7) is 4.99. The molecule has 106 valence electrons. The van der Waals surface area contributed by atoms with Crippen molar-refractivity contribution in [1.29, 1.82) is 0 Å². The van der Waals surface area contributed by atoms with E-state index in [9.17, 15) is 4.79 Å². The van der Waals surface area contributed by atoms with Crippen LogP contribution in [0.4, 0.5) is 0 Å². The van der Waals surface area contributed by atoms with Crippen LogP contribution in [0, 0.1) is 13.8 Å². The van der Waals surface area contributed by atoms with Crippen molar-refractivity contribution in [3.05, 3.63) is 50.1 Å². The van der Waals surface area contributed by atoms with Crippen LogP contribution in [0.5, 0.6) is 5.75 Å². The lowest BCUT2D eigenvalue weighted by Crippen LogP contribution is -2.27. The number of hydrogen-bond acceptors (Lipinski definition) is 3. The Morgan fingerprint density at radius 1 is 1.25 bits per heavy atom. The topological polar surface area (TPSA) is 38.3 Å². The molecule has 5 heteroatoms. The van der Waals surface area contributed by atoms with Crippen LogP contribution in [-0.4, -0.2) is 19.1 Å². The molecule has 0 saturated carbocycles. The predicted octanol–water partition coefficient (Wildman–Crippen LogP) is 3.94. The van der Waals surface area contributed by atoms with Gasteiger partial charge in [0, 0.05) is 0 Å². The van der Waals surface area contributed by atoms with Crippen LogP contribution in [0.3, 0.4) is 0 Å². The molecule has 1 heterocycles. The largest absolute Gasteiger partial charge is 0.491 e. The first kappa shape index (κ1) is 15.1. The number of hydrogen-bond donors (Lipinski definition) is 1. The Kier molecular flexibility index (Phi) is 5.20. The number of amides is 1. The van der Waals surface area contributed by atoms with Gasteiger partial charge in [-0.05, 0) is 53.0 Å². The molecule has 1 N–H and O–H groups in total. The number of nitrogens with one attached hydrogen (secondary N) is 1. The highest BCUT2D eigenvalue weighted by atomic mass is 79.9. The molecule has 0 aliphatic carbocycles. The second kappa shape index (κ2) is 6.90. The van der Waals surface area contributed by atoms with Crippen molar-refractivity contribution >= 4 is 33.2 Å². The number of benzene rings is 1. The molecule has 0 bridgehead atoms. The van der Waals surface area contributed by atoms with Gasteiger partial charge in [-0.25, -0.2) is 0 Å². The molecule has 0 spiro atoms. The second-order valence-corrected chi connectivity index (χ2v) is 6.89. The van der Waals surface area contributed by atoms with Gasteiger partial charge in [-0.2, -0.15) is 0 Å². The monoisotopic (exact) mass is 353 g/mol. The lowest BCUT2D eigenvalue weighted by molar-refractivity contribution is 0.0951. The zero-order valence-electron chi connectivity index (χ0n) is 11.4. The van der Waals surface area contributed by atoms with E-state index in [4.69, 9.17) is 4.74 Å². The van der Waals surface area contributed by atoms with Gasteiger partial charge >= 0.3 is 0 Å². The molecule has 0 aliphatic heterocycles. The van der Waals surface area contributed by atoms with E-state index >= 15 is 0 Å². The standard InChI is InChI=1S/C15H16BrNO2S/c1-10-4-3-5-11(2)14(10)19-9-8-17-15(18)12-6-7-13(16)20-12/h3-7H,8-9H2,1-2H3,(H,17,18). The normalized spacial score (nSPS) is 10.3. The van der Waals surface area contributed by atoms with Gasteiger partial charge in [0.1, 0.15) is 12.4 Å². The highest BCUT2D eigenvalue weighted by Gasteiger charge is 2.08. The SMILES string of the molecule is Cc1cccc(C)c1OCCNC(=O)c1ccc(Br)s1. The Balaban J connectivity index is 1.81. The van der Waals surface area contributed by atoms with Crippen LogP contribution in [0.25, 0.3) is 0 Å². The molecular formula is C15H16BrNO2S. The molecular weight excluding hydrogens is 338 g/mol. The van der Waals surface area contributed by atoms with Crippen LogP contribution >= 0.6 is 27.3 Å². The summed E-state index contributed by atoms with van der Waals surface area (Å²) in [6.07, 6.45) is 0. The maximum atomic E-state index is 11.8. The molecule has 0 radical (unpaired) electrons. The van der Waals surface area contributed by atoms with Crippen LogP contribution in [0.2, 0.25) is 0 Å². The summed E-state index contributed by atoms with van der Waals surface area (Å²) in [5, 5.41) is 2.85. The summed E-state index contributed by atoms with van der Waals surface area (Å²) in [4.78, 5) is 12.5. The number of aryl methyl sites for hydroxylation is 2. The van der Waals surface area contributed by atoms with E-state index in [1.54, 1.807) is 6.07 Å². The van der Waals surface area contributed by atoms with E-state index in [0.717, 1.165) is 20.7 Å². The first-order valence-electron chi connectivity index (χ1n) is 6.30. The molecule has 0 atom stereocenters. The highest BCUT2D eigenvalue weighted by molar-refractivity contribution is 9.11. The number of ether oxygens (including phenoxy) is 1. The van der Waals surface area contributed by atoms with Gasteiger partial charge in [-0.15, -0.1) is 11.3 Å². The van der Waals surface area contributed by atoms with Gasteiger partial charge in [0.2, 0.25) is 0 Å². The van der Waals surface area contributed by atoms with Crippen molar-refractivity contribution in [3.8, 4) is 5.75 Å². The minimum absolute atomic E-state index is 0.0641. The summed E-state index contributed by atoms with van der Waals surface area (Å²) >= 11 is 4.76. The van der Waals surface area contributed by atoms with Gasteiger partial charge in [0.15, 0.2) is 0 Å². The maximum Gasteiger partial charge on any atom is 0.261 e. The van der Waals surface area contributed by atoms with Crippen LogP contribution < -0.4 is 10.1 Å².